The molecule has 0 aliphatic carbocycles. The second kappa shape index (κ2) is 2.68. The zero-order chi connectivity index (χ0) is 9.59. The van der Waals surface area contributed by atoms with Crippen LogP contribution in [0.3, 0.4) is 0 Å². The minimum absolute atomic E-state index is 0.219. The zero-order valence-electron chi connectivity index (χ0n) is 6.80. The molecule has 4 unspecified atom stereocenters. The van der Waals surface area contributed by atoms with Crippen molar-refractivity contribution in [1.29, 1.82) is 0 Å². The van der Waals surface area contributed by atoms with Crippen LogP contribution in [0.15, 0.2) is 0 Å². The van der Waals surface area contributed by atoms with Crippen molar-refractivity contribution in [2.24, 2.45) is 5.92 Å². The molecule has 0 aromatic heterocycles. The number of carboxylic acid groups (broad SMARTS) is 2. The van der Waals surface area contributed by atoms with Crippen molar-refractivity contribution in [3.63, 3.8) is 0 Å². The van der Waals surface area contributed by atoms with Crippen LogP contribution in [0.4, 0.5) is 0 Å². The quantitative estimate of drug-likeness (QED) is 0.466. The molecule has 13 heavy (non-hydrogen) atoms. The maximum Gasteiger partial charge on any atom is 0.322 e. The molecule has 0 radical (unpaired) electrons. The van der Waals surface area contributed by atoms with Crippen LogP contribution in [0.2, 0.25) is 0 Å². The van der Waals surface area contributed by atoms with Crippen LogP contribution in [-0.2, 0) is 9.59 Å². The Labute approximate surface area is 74.1 Å². The van der Waals surface area contributed by atoms with Gasteiger partial charge in [0, 0.05) is 12.6 Å². The van der Waals surface area contributed by atoms with Gasteiger partial charge in [0.1, 0.15) is 6.04 Å². The van der Waals surface area contributed by atoms with Gasteiger partial charge in [-0.3, -0.25) is 9.59 Å². The van der Waals surface area contributed by atoms with Crippen LogP contribution >= 0.6 is 0 Å². The first-order valence-corrected chi connectivity index (χ1v) is 4.08. The van der Waals surface area contributed by atoms with Crippen LogP contribution in [0.5, 0.6) is 0 Å². The molecule has 2 rings (SSSR count). The predicted octanol–water partition coefficient (Wildman–Crippen LogP) is -1.27. The van der Waals surface area contributed by atoms with E-state index in [1.165, 1.54) is 0 Å². The number of nitrogens with one attached hydrogen (secondary N) is 1. The van der Waals surface area contributed by atoms with Crippen LogP contribution in [-0.4, -0.2) is 45.8 Å². The first kappa shape index (κ1) is 8.46. The molecule has 72 valence electrons. The third kappa shape index (κ3) is 1.38. The summed E-state index contributed by atoms with van der Waals surface area (Å²) in [5.41, 5.74) is 2.67. The molecule has 0 aromatic carbocycles. The summed E-state index contributed by atoms with van der Waals surface area (Å²) in [5.74, 6) is -2.94. The topological polar surface area (TPSA) is 89.6 Å². The average Bonchev–Trinajstić information content (AvgIpc) is 2.78. The summed E-state index contributed by atoms with van der Waals surface area (Å²) in [6.45, 7) is 0.758. The van der Waals surface area contributed by atoms with Crippen molar-refractivity contribution in [3.8, 4) is 0 Å². The van der Waals surface area contributed by atoms with E-state index in [0.717, 1.165) is 6.54 Å². The van der Waals surface area contributed by atoms with Crippen molar-refractivity contribution in [1.82, 2.24) is 10.4 Å². The number of carbonyl (C=O) groups is 2. The van der Waals surface area contributed by atoms with Crippen molar-refractivity contribution < 1.29 is 19.8 Å². The van der Waals surface area contributed by atoms with Gasteiger partial charge in [-0.15, -0.1) is 0 Å². The van der Waals surface area contributed by atoms with E-state index in [4.69, 9.17) is 10.2 Å². The van der Waals surface area contributed by atoms with E-state index >= 15 is 0 Å². The van der Waals surface area contributed by atoms with Crippen LogP contribution in [0.25, 0.3) is 0 Å². The summed E-state index contributed by atoms with van der Waals surface area (Å²) < 4.78 is 0. The molecule has 2 aliphatic rings. The second-order valence-corrected chi connectivity index (χ2v) is 3.43. The molecule has 6 heteroatoms. The largest absolute Gasteiger partial charge is 0.481 e. The van der Waals surface area contributed by atoms with Gasteiger partial charge in [0.15, 0.2) is 0 Å². The first-order valence-electron chi connectivity index (χ1n) is 4.08. The highest BCUT2D eigenvalue weighted by atomic mass is 16.4. The number of aliphatic carboxylic acids is 2. The number of hydrogen-bond acceptors (Lipinski definition) is 4. The summed E-state index contributed by atoms with van der Waals surface area (Å²) in [6.07, 6.45) is 0.430. The van der Waals surface area contributed by atoms with Gasteiger partial charge < -0.3 is 10.2 Å². The molecule has 0 bridgehead atoms. The third-order valence-corrected chi connectivity index (χ3v) is 2.53. The van der Waals surface area contributed by atoms with E-state index in [1.807, 2.05) is 0 Å². The highest BCUT2D eigenvalue weighted by Crippen LogP contribution is 2.30. The molecule has 0 spiro atoms. The van der Waals surface area contributed by atoms with Crippen molar-refractivity contribution in [3.05, 3.63) is 0 Å². The maximum atomic E-state index is 10.7. The molecule has 0 saturated carbocycles. The second-order valence-electron chi connectivity index (χ2n) is 3.43. The minimum atomic E-state index is -1.10. The standard InChI is InChI=1S/C7H10N2O4/c10-6(11)4-1-3-2-9(3)8-5(4)7(12)13/h3-5,8H,1-2H2,(H,10,11)(H,12,13). The molecule has 2 fully saturated rings. The molecule has 2 aliphatic heterocycles. The Morgan fingerprint density at radius 1 is 1.31 bits per heavy atom. The molecule has 6 nitrogen and oxygen atoms in total. The van der Waals surface area contributed by atoms with Crippen molar-refractivity contribution in [2.75, 3.05) is 6.54 Å². The Morgan fingerprint density at radius 2 is 2.00 bits per heavy atom. The van der Waals surface area contributed by atoms with E-state index in [0.29, 0.717) is 6.42 Å². The molecule has 0 aromatic rings. The van der Waals surface area contributed by atoms with Gasteiger partial charge in [-0.05, 0) is 6.42 Å². The Hall–Kier alpha value is -1.14. The number of fused-ring (bicyclic) bond motifs is 1. The SMILES string of the molecule is O=C(O)C1CC2CN2NC1C(=O)O. The fourth-order valence-corrected chi connectivity index (χ4v) is 1.71. The van der Waals surface area contributed by atoms with Crippen LogP contribution < -0.4 is 5.43 Å². The third-order valence-electron chi connectivity index (χ3n) is 2.53. The first-order chi connectivity index (χ1) is 6.09. The molecule has 0 amide bonds. The van der Waals surface area contributed by atoms with E-state index in [1.54, 1.807) is 5.01 Å². The number of hydrogen-bond donors (Lipinski definition) is 3. The monoisotopic (exact) mass is 186 g/mol. The maximum absolute atomic E-state index is 10.7. The lowest BCUT2D eigenvalue weighted by Gasteiger charge is -2.26. The summed E-state index contributed by atoms with van der Waals surface area (Å²) in [6, 6.07) is -0.757. The Morgan fingerprint density at radius 3 is 2.54 bits per heavy atom. The lowest BCUT2D eigenvalue weighted by molar-refractivity contribution is -0.153. The predicted molar refractivity (Wildman–Crippen MR) is 40.8 cm³/mol. The molecule has 4 atom stereocenters. The molecular weight excluding hydrogens is 176 g/mol. The Bertz CT molecular complexity index is 241. The Kier molecular flexibility index (Phi) is 1.74. The summed E-state index contributed by atoms with van der Waals surface area (Å²) >= 11 is 0. The van der Waals surface area contributed by atoms with Crippen molar-refractivity contribution in [2.45, 2.75) is 18.5 Å². The van der Waals surface area contributed by atoms with Crippen LogP contribution in [0, 0.1) is 5.92 Å². The fourth-order valence-electron chi connectivity index (χ4n) is 1.71. The smallest absolute Gasteiger partial charge is 0.322 e. The van der Waals surface area contributed by atoms with Gasteiger partial charge in [-0.1, -0.05) is 0 Å². The van der Waals surface area contributed by atoms with Gasteiger partial charge in [-0.25, -0.2) is 10.4 Å². The molecular formula is C7H10N2O4. The molecule has 2 heterocycles. The molecule has 2 saturated heterocycles. The van der Waals surface area contributed by atoms with Gasteiger partial charge in [0.2, 0.25) is 0 Å². The average molecular weight is 186 g/mol. The summed E-state index contributed by atoms with van der Waals surface area (Å²) in [4.78, 5) is 21.4. The lowest BCUT2D eigenvalue weighted by atomic mass is 9.94. The fraction of sp³-hybridized carbons (Fsp3) is 0.714. The van der Waals surface area contributed by atoms with E-state index in [9.17, 15) is 9.59 Å². The van der Waals surface area contributed by atoms with Crippen molar-refractivity contribution >= 4 is 11.9 Å². The van der Waals surface area contributed by atoms with Gasteiger partial charge in [0.25, 0.3) is 0 Å². The number of carboxylic acids is 2. The normalized spacial score (nSPS) is 42.2. The minimum Gasteiger partial charge on any atom is -0.481 e. The lowest BCUT2D eigenvalue weighted by Crippen LogP contribution is -2.52. The number of rotatable bonds is 2. The highest BCUT2D eigenvalue weighted by Gasteiger charge is 2.49. The van der Waals surface area contributed by atoms with E-state index < -0.39 is 23.9 Å². The highest BCUT2D eigenvalue weighted by molar-refractivity contribution is 5.83. The summed E-state index contributed by atoms with van der Waals surface area (Å²) in [7, 11) is 0. The number of hydrazine groups is 1. The van der Waals surface area contributed by atoms with Gasteiger partial charge >= 0.3 is 11.9 Å². The number of nitrogens with zero attached hydrogens (tertiary/aromatic N) is 1. The van der Waals surface area contributed by atoms with Crippen LogP contribution in [0.1, 0.15) is 6.42 Å². The van der Waals surface area contributed by atoms with Gasteiger partial charge in [0.05, 0.1) is 5.92 Å². The van der Waals surface area contributed by atoms with Gasteiger partial charge in [-0.2, -0.15) is 0 Å². The zero-order valence-corrected chi connectivity index (χ0v) is 6.80. The van der Waals surface area contributed by atoms with E-state index in [-0.39, 0.29) is 6.04 Å². The Balaban J connectivity index is 2.12. The van der Waals surface area contributed by atoms with E-state index in [2.05, 4.69) is 5.43 Å². The summed E-state index contributed by atoms with van der Waals surface area (Å²) in [5, 5.41) is 19.3. The molecule has 3 N–H and O–H groups in total.